The molecule has 0 bridgehead atoms. The monoisotopic (exact) mass is 439 g/mol. The number of hydrogen-bond donors (Lipinski definition) is 1. The number of sulfonamides is 1. The van der Waals surface area contributed by atoms with E-state index >= 15 is 0 Å². The molecule has 5 nitrogen and oxygen atoms in total. The van der Waals surface area contributed by atoms with E-state index in [1.165, 1.54) is 4.31 Å². The second-order valence-corrected chi connectivity index (χ2v) is 9.77. The summed E-state index contributed by atoms with van der Waals surface area (Å²) in [6.07, 6.45) is 0.545. The molecule has 0 spiro atoms. The predicted octanol–water partition coefficient (Wildman–Crippen LogP) is 4.76. The number of phenolic OH excluding ortho intramolecular Hbond substituents is 1. The van der Waals surface area contributed by atoms with Gasteiger partial charge >= 0.3 is 0 Å². The topological polar surface area (TPSA) is 66.8 Å². The first-order chi connectivity index (χ1) is 14.7. The van der Waals surface area contributed by atoms with E-state index in [1.807, 2.05) is 69.3 Å². The lowest BCUT2D eigenvalue weighted by Crippen LogP contribution is -2.32. The molecule has 0 atom stereocenters. The smallest absolute Gasteiger partial charge is 0.243 e. The summed E-state index contributed by atoms with van der Waals surface area (Å²) in [7, 11) is -2.08. The molecule has 3 aromatic rings. The molecule has 0 aliphatic carbocycles. The number of aromatic hydroxyl groups is 1. The molecule has 0 aliphatic rings. The fraction of sp³-hybridized carbons (Fsp3) is 0.280. The third-order valence-corrected chi connectivity index (χ3v) is 7.24. The maximum Gasteiger partial charge on any atom is 0.243 e. The van der Waals surface area contributed by atoms with Gasteiger partial charge in [-0.05, 0) is 73.7 Å². The van der Waals surface area contributed by atoms with E-state index in [0.717, 1.165) is 33.6 Å². The fourth-order valence-corrected chi connectivity index (χ4v) is 4.95. The Hall–Kier alpha value is -2.83. The van der Waals surface area contributed by atoms with Crippen molar-refractivity contribution in [1.82, 2.24) is 4.31 Å². The average Bonchev–Trinajstić information content (AvgIpc) is 2.75. The van der Waals surface area contributed by atoms with Crippen LogP contribution >= 0.6 is 0 Å². The van der Waals surface area contributed by atoms with Gasteiger partial charge in [-0.15, -0.1) is 0 Å². The van der Waals surface area contributed by atoms with Crippen LogP contribution in [0.5, 0.6) is 11.5 Å². The summed E-state index contributed by atoms with van der Waals surface area (Å²) in [5, 5.41) is 10.0. The van der Waals surface area contributed by atoms with Crippen LogP contribution in [0, 0.1) is 20.8 Å². The predicted molar refractivity (Wildman–Crippen MR) is 123 cm³/mol. The molecule has 6 heteroatoms. The highest BCUT2D eigenvalue weighted by Gasteiger charge is 2.24. The Morgan fingerprint density at radius 2 is 1.45 bits per heavy atom. The molecule has 0 aromatic heterocycles. The van der Waals surface area contributed by atoms with Gasteiger partial charge in [-0.3, -0.25) is 0 Å². The molecule has 0 amide bonds. The molecule has 0 saturated carbocycles. The SMILES string of the molecule is COc1ccc(CN(CCc2cc(C)c(O)c(C)c2)S(=O)(=O)c2ccc(C)cc2)cc1. The second kappa shape index (κ2) is 9.54. The van der Waals surface area contributed by atoms with Crippen LogP contribution < -0.4 is 4.74 Å². The molecule has 0 heterocycles. The first-order valence-corrected chi connectivity index (χ1v) is 11.6. The van der Waals surface area contributed by atoms with Gasteiger partial charge in [0.1, 0.15) is 11.5 Å². The van der Waals surface area contributed by atoms with Crippen LogP contribution in [-0.2, 0) is 23.0 Å². The highest BCUT2D eigenvalue weighted by Crippen LogP contribution is 2.25. The standard InChI is InChI=1S/C25H29NO4S/c1-18-5-11-24(12-6-18)31(28,29)26(17-21-7-9-23(30-4)10-8-21)14-13-22-15-19(2)25(27)20(3)16-22/h5-12,15-16,27H,13-14,17H2,1-4H3. The van der Waals surface area contributed by atoms with Gasteiger partial charge in [-0.1, -0.05) is 42.0 Å². The molecule has 3 rings (SSSR count). The van der Waals surface area contributed by atoms with Gasteiger partial charge in [0.25, 0.3) is 0 Å². The first-order valence-electron chi connectivity index (χ1n) is 10.2. The van der Waals surface area contributed by atoms with Crippen LogP contribution in [0.3, 0.4) is 0 Å². The summed E-state index contributed by atoms with van der Waals surface area (Å²) in [6, 6.07) is 18.2. The maximum atomic E-state index is 13.4. The summed E-state index contributed by atoms with van der Waals surface area (Å²) in [5.41, 5.74) is 4.47. The van der Waals surface area contributed by atoms with Crippen LogP contribution in [0.25, 0.3) is 0 Å². The van der Waals surface area contributed by atoms with Crippen molar-refractivity contribution in [1.29, 1.82) is 0 Å². The zero-order valence-corrected chi connectivity index (χ0v) is 19.2. The molecule has 0 aliphatic heterocycles. The van der Waals surface area contributed by atoms with Gasteiger partial charge < -0.3 is 9.84 Å². The number of methoxy groups -OCH3 is 1. The first kappa shape index (κ1) is 22.8. The average molecular weight is 440 g/mol. The highest BCUT2D eigenvalue weighted by atomic mass is 32.2. The lowest BCUT2D eigenvalue weighted by molar-refractivity contribution is 0.406. The number of phenols is 1. The molecule has 0 saturated heterocycles. The zero-order chi connectivity index (χ0) is 22.6. The van der Waals surface area contributed by atoms with Crippen LogP contribution in [0.1, 0.15) is 27.8 Å². The Kier molecular flexibility index (Phi) is 7.03. The molecule has 1 N–H and O–H groups in total. The van der Waals surface area contributed by atoms with Crippen molar-refractivity contribution >= 4 is 10.0 Å². The summed E-state index contributed by atoms with van der Waals surface area (Å²) in [6.45, 7) is 6.22. The van der Waals surface area contributed by atoms with Crippen molar-refractivity contribution in [3.8, 4) is 11.5 Å². The Bertz CT molecular complexity index is 1110. The minimum Gasteiger partial charge on any atom is -0.507 e. The van der Waals surface area contributed by atoms with Crippen molar-refractivity contribution in [2.24, 2.45) is 0 Å². The molecular formula is C25H29NO4S. The lowest BCUT2D eigenvalue weighted by atomic mass is 10.0. The van der Waals surface area contributed by atoms with E-state index in [4.69, 9.17) is 4.74 Å². The third-order valence-electron chi connectivity index (χ3n) is 5.38. The van der Waals surface area contributed by atoms with Crippen molar-refractivity contribution in [2.45, 2.75) is 38.6 Å². The van der Waals surface area contributed by atoms with Crippen molar-refractivity contribution in [2.75, 3.05) is 13.7 Å². The molecule has 31 heavy (non-hydrogen) atoms. The molecule has 0 unspecified atom stereocenters. The van der Waals surface area contributed by atoms with Crippen LogP contribution in [0.15, 0.2) is 65.6 Å². The fourth-order valence-electron chi connectivity index (χ4n) is 3.52. The minimum absolute atomic E-state index is 0.260. The van der Waals surface area contributed by atoms with E-state index < -0.39 is 10.0 Å². The van der Waals surface area contributed by atoms with Gasteiger partial charge in [-0.2, -0.15) is 4.31 Å². The van der Waals surface area contributed by atoms with Crippen LogP contribution in [0.4, 0.5) is 0 Å². The number of benzene rings is 3. The summed E-state index contributed by atoms with van der Waals surface area (Å²) >= 11 is 0. The van der Waals surface area contributed by atoms with Gasteiger partial charge in [0.2, 0.25) is 10.0 Å². The molecule has 164 valence electrons. The second-order valence-electron chi connectivity index (χ2n) is 7.83. The lowest BCUT2D eigenvalue weighted by Gasteiger charge is -2.23. The number of aryl methyl sites for hydroxylation is 3. The Morgan fingerprint density at radius 3 is 2.00 bits per heavy atom. The number of ether oxygens (including phenoxy) is 1. The highest BCUT2D eigenvalue weighted by molar-refractivity contribution is 7.89. The normalized spacial score (nSPS) is 11.6. The van der Waals surface area contributed by atoms with Gasteiger partial charge in [0.15, 0.2) is 0 Å². The van der Waals surface area contributed by atoms with Gasteiger partial charge in [-0.25, -0.2) is 8.42 Å². The number of rotatable bonds is 8. The molecular weight excluding hydrogens is 410 g/mol. The van der Waals surface area contributed by atoms with Crippen LogP contribution in [0.2, 0.25) is 0 Å². The molecule has 0 radical (unpaired) electrons. The van der Waals surface area contributed by atoms with E-state index in [1.54, 1.807) is 19.2 Å². The zero-order valence-electron chi connectivity index (χ0n) is 18.4. The van der Waals surface area contributed by atoms with Crippen LogP contribution in [-0.4, -0.2) is 31.5 Å². The summed E-state index contributed by atoms with van der Waals surface area (Å²) < 4.78 is 33.6. The van der Waals surface area contributed by atoms with E-state index in [9.17, 15) is 13.5 Å². The van der Waals surface area contributed by atoms with Crippen molar-refractivity contribution in [3.05, 3.63) is 88.5 Å². The summed E-state index contributed by atoms with van der Waals surface area (Å²) in [4.78, 5) is 0.282. The van der Waals surface area contributed by atoms with E-state index in [2.05, 4.69) is 0 Å². The quantitative estimate of drug-likeness (QED) is 0.550. The van der Waals surface area contributed by atoms with E-state index in [0.29, 0.717) is 13.0 Å². The van der Waals surface area contributed by atoms with E-state index in [-0.39, 0.29) is 17.2 Å². The van der Waals surface area contributed by atoms with Gasteiger partial charge in [0.05, 0.1) is 12.0 Å². The number of hydrogen-bond acceptors (Lipinski definition) is 4. The van der Waals surface area contributed by atoms with Gasteiger partial charge in [0, 0.05) is 13.1 Å². The van der Waals surface area contributed by atoms with Crippen molar-refractivity contribution in [3.63, 3.8) is 0 Å². The molecule has 3 aromatic carbocycles. The Balaban J connectivity index is 1.90. The minimum atomic E-state index is -3.68. The largest absolute Gasteiger partial charge is 0.507 e. The Morgan fingerprint density at radius 1 is 0.871 bits per heavy atom. The third kappa shape index (κ3) is 5.46. The maximum absolute atomic E-state index is 13.4. The summed E-state index contributed by atoms with van der Waals surface area (Å²) in [5.74, 6) is 1.01. The van der Waals surface area contributed by atoms with Crippen molar-refractivity contribution < 1.29 is 18.3 Å². The number of nitrogens with zero attached hydrogens (tertiary/aromatic N) is 1. The molecule has 0 fully saturated rings. The Labute approximate surface area is 185 Å².